The quantitative estimate of drug-likeness (QED) is 0.207. The van der Waals surface area contributed by atoms with Crippen LogP contribution in [0.25, 0.3) is 0 Å². The number of hydrazone groups is 1. The summed E-state index contributed by atoms with van der Waals surface area (Å²) in [5.41, 5.74) is 5.01. The second-order valence-electron chi connectivity index (χ2n) is 8.11. The van der Waals surface area contributed by atoms with Gasteiger partial charge in [0.25, 0.3) is 5.91 Å². The summed E-state index contributed by atoms with van der Waals surface area (Å²) in [4.78, 5) is 24.7. The zero-order valence-electron chi connectivity index (χ0n) is 17.9. The molecule has 0 aromatic heterocycles. The number of amides is 1. The maximum absolute atomic E-state index is 12.4. The summed E-state index contributed by atoms with van der Waals surface area (Å²) in [5.74, 6) is -0.608. The number of nitrogens with zero attached hydrogens (tertiary/aromatic N) is 1. The van der Waals surface area contributed by atoms with E-state index in [1.165, 1.54) is 18.3 Å². The highest BCUT2D eigenvalue weighted by Gasteiger charge is 2.15. The maximum Gasteiger partial charge on any atom is 0.345 e. The van der Waals surface area contributed by atoms with Crippen LogP contribution in [0, 0.1) is 0 Å². The van der Waals surface area contributed by atoms with E-state index >= 15 is 0 Å². The van der Waals surface area contributed by atoms with Crippen molar-refractivity contribution in [2.75, 3.05) is 0 Å². The number of nitrogens with one attached hydrogen (secondary N) is 1. The third kappa shape index (κ3) is 6.19. The third-order valence-electron chi connectivity index (χ3n) is 4.61. The van der Waals surface area contributed by atoms with Gasteiger partial charge in [0, 0.05) is 10.6 Å². The molecule has 5 nitrogen and oxygen atoms in total. The van der Waals surface area contributed by atoms with Gasteiger partial charge in [-0.1, -0.05) is 68.2 Å². The molecule has 0 atom stereocenters. The zero-order valence-corrected chi connectivity index (χ0v) is 19.4. The predicted octanol–water partition coefficient (Wildman–Crippen LogP) is 6.27. The lowest BCUT2D eigenvalue weighted by Crippen LogP contribution is -2.18. The van der Waals surface area contributed by atoms with Crippen molar-refractivity contribution in [2.45, 2.75) is 26.2 Å². The van der Waals surface area contributed by atoms with E-state index in [1.807, 2.05) is 12.1 Å². The Morgan fingerprint density at radius 1 is 0.969 bits per heavy atom. The van der Waals surface area contributed by atoms with Gasteiger partial charge in [0.05, 0.1) is 16.8 Å². The molecule has 164 valence electrons. The largest absolute Gasteiger partial charge is 0.423 e. The smallest absolute Gasteiger partial charge is 0.345 e. The van der Waals surface area contributed by atoms with E-state index in [1.54, 1.807) is 42.5 Å². The molecular formula is C25H22Cl2N2O3. The fourth-order valence-corrected chi connectivity index (χ4v) is 3.31. The molecule has 0 bridgehead atoms. The van der Waals surface area contributed by atoms with Gasteiger partial charge in [-0.15, -0.1) is 0 Å². The van der Waals surface area contributed by atoms with Crippen molar-refractivity contribution in [2.24, 2.45) is 5.10 Å². The van der Waals surface area contributed by atoms with E-state index in [-0.39, 0.29) is 21.9 Å². The van der Waals surface area contributed by atoms with Crippen LogP contribution in [0.15, 0.2) is 71.8 Å². The van der Waals surface area contributed by atoms with Gasteiger partial charge in [0.1, 0.15) is 5.75 Å². The highest BCUT2D eigenvalue weighted by molar-refractivity contribution is 6.36. The SMILES string of the molecule is CC(C)(C)c1ccc(C(=O)N/N=C/c2cccc(OC(=O)c3ccc(Cl)cc3Cl)c2)cc1. The van der Waals surface area contributed by atoms with Crippen LogP contribution in [0.5, 0.6) is 5.75 Å². The van der Waals surface area contributed by atoms with E-state index in [9.17, 15) is 9.59 Å². The average Bonchev–Trinajstić information content (AvgIpc) is 2.73. The number of ether oxygens (including phenoxy) is 1. The Morgan fingerprint density at radius 3 is 2.34 bits per heavy atom. The Morgan fingerprint density at radius 2 is 1.69 bits per heavy atom. The molecule has 0 aliphatic rings. The first-order valence-electron chi connectivity index (χ1n) is 9.85. The number of halogens is 2. The normalized spacial score (nSPS) is 11.4. The lowest BCUT2D eigenvalue weighted by atomic mass is 9.87. The molecule has 0 radical (unpaired) electrons. The fraction of sp³-hybridized carbons (Fsp3) is 0.160. The molecule has 7 heteroatoms. The number of hydrogen-bond acceptors (Lipinski definition) is 4. The van der Waals surface area contributed by atoms with Gasteiger partial charge in [-0.25, -0.2) is 10.2 Å². The van der Waals surface area contributed by atoms with Gasteiger partial charge >= 0.3 is 5.97 Å². The lowest BCUT2D eigenvalue weighted by molar-refractivity contribution is 0.0734. The van der Waals surface area contributed by atoms with E-state index in [4.69, 9.17) is 27.9 Å². The zero-order chi connectivity index (χ0) is 23.3. The summed E-state index contributed by atoms with van der Waals surface area (Å²) >= 11 is 11.9. The number of carbonyl (C=O) groups is 2. The molecule has 0 fully saturated rings. The van der Waals surface area contributed by atoms with Gasteiger partial charge in [-0.05, 0) is 59.0 Å². The van der Waals surface area contributed by atoms with E-state index in [2.05, 4.69) is 31.3 Å². The Kier molecular flexibility index (Phi) is 7.33. The van der Waals surface area contributed by atoms with Gasteiger partial charge in [0.15, 0.2) is 0 Å². The topological polar surface area (TPSA) is 67.8 Å². The number of hydrogen-bond donors (Lipinski definition) is 1. The Hall–Kier alpha value is -3.15. The summed E-state index contributed by atoms with van der Waals surface area (Å²) in [6.45, 7) is 6.34. The van der Waals surface area contributed by atoms with E-state index in [0.717, 1.165) is 5.56 Å². The van der Waals surface area contributed by atoms with Crippen LogP contribution in [0.3, 0.4) is 0 Å². The second-order valence-corrected chi connectivity index (χ2v) is 8.96. The molecule has 32 heavy (non-hydrogen) atoms. The van der Waals surface area contributed by atoms with Crippen LogP contribution < -0.4 is 10.2 Å². The van der Waals surface area contributed by atoms with Gasteiger partial charge in [0.2, 0.25) is 0 Å². The van der Waals surface area contributed by atoms with Crippen molar-refractivity contribution in [3.8, 4) is 5.75 Å². The monoisotopic (exact) mass is 468 g/mol. The molecule has 0 aliphatic heterocycles. The summed E-state index contributed by atoms with van der Waals surface area (Å²) in [6.07, 6.45) is 1.47. The predicted molar refractivity (Wildman–Crippen MR) is 128 cm³/mol. The van der Waals surface area contributed by atoms with Crippen LogP contribution in [0.2, 0.25) is 10.0 Å². The molecule has 0 aliphatic carbocycles. The first kappa shape index (κ1) is 23.5. The second kappa shape index (κ2) is 9.98. The van der Waals surface area contributed by atoms with Crippen LogP contribution in [-0.4, -0.2) is 18.1 Å². The minimum atomic E-state index is -0.604. The van der Waals surface area contributed by atoms with Crippen LogP contribution in [-0.2, 0) is 5.41 Å². The molecule has 1 amide bonds. The molecular weight excluding hydrogens is 447 g/mol. The van der Waals surface area contributed by atoms with Crippen molar-refractivity contribution in [1.82, 2.24) is 5.43 Å². The molecule has 0 saturated carbocycles. The summed E-state index contributed by atoms with van der Waals surface area (Å²) in [5, 5.41) is 4.63. The molecule has 3 aromatic rings. The average molecular weight is 469 g/mol. The fourth-order valence-electron chi connectivity index (χ4n) is 2.83. The van der Waals surface area contributed by atoms with Gasteiger partial charge in [-0.2, -0.15) is 5.10 Å². The van der Waals surface area contributed by atoms with Crippen molar-refractivity contribution in [3.05, 3.63) is 99.0 Å². The molecule has 0 spiro atoms. The van der Waals surface area contributed by atoms with Crippen LogP contribution >= 0.6 is 23.2 Å². The molecule has 1 N–H and O–H groups in total. The van der Waals surface area contributed by atoms with Crippen LogP contribution in [0.4, 0.5) is 0 Å². The number of rotatable bonds is 5. The molecule has 0 unspecified atom stereocenters. The summed E-state index contributed by atoms with van der Waals surface area (Å²) in [6, 6.07) is 18.7. The number of esters is 1. The maximum atomic E-state index is 12.4. The molecule has 0 heterocycles. The Balaban J connectivity index is 1.62. The molecule has 0 saturated heterocycles. The highest BCUT2D eigenvalue weighted by Crippen LogP contribution is 2.23. The number of carbonyl (C=O) groups excluding carboxylic acids is 2. The van der Waals surface area contributed by atoms with Crippen molar-refractivity contribution >= 4 is 41.3 Å². The highest BCUT2D eigenvalue weighted by atomic mass is 35.5. The molecule has 3 aromatic carbocycles. The van der Waals surface area contributed by atoms with Gasteiger partial charge < -0.3 is 4.74 Å². The van der Waals surface area contributed by atoms with Gasteiger partial charge in [-0.3, -0.25) is 4.79 Å². The summed E-state index contributed by atoms with van der Waals surface area (Å²) < 4.78 is 5.38. The van der Waals surface area contributed by atoms with Crippen molar-refractivity contribution < 1.29 is 14.3 Å². The van der Waals surface area contributed by atoms with E-state index in [0.29, 0.717) is 21.9 Å². The first-order chi connectivity index (χ1) is 15.1. The van der Waals surface area contributed by atoms with Crippen LogP contribution in [0.1, 0.15) is 52.6 Å². The Labute approximate surface area is 197 Å². The minimum Gasteiger partial charge on any atom is -0.423 e. The summed E-state index contributed by atoms with van der Waals surface area (Å²) in [7, 11) is 0. The lowest BCUT2D eigenvalue weighted by Gasteiger charge is -2.18. The van der Waals surface area contributed by atoms with Crippen molar-refractivity contribution in [1.29, 1.82) is 0 Å². The number of benzene rings is 3. The molecule has 3 rings (SSSR count). The standard InChI is InChI=1S/C25H22Cl2N2O3/c1-25(2,3)18-9-7-17(8-10-18)23(30)29-28-15-16-5-4-6-20(13-16)32-24(31)21-12-11-19(26)14-22(21)27/h4-15H,1-3H3,(H,29,30)/b28-15+. The van der Waals surface area contributed by atoms with E-state index < -0.39 is 5.97 Å². The minimum absolute atomic E-state index is 0.0144. The van der Waals surface area contributed by atoms with Crippen molar-refractivity contribution in [3.63, 3.8) is 0 Å². The first-order valence-corrected chi connectivity index (χ1v) is 10.6. The third-order valence-corrected chi connectivity index (χ3v) is 5.16. The Bertz CT molecular complexity index is 1170.